The molecule has 2 rings (SSSR count). The van der Waals surface area contributed by atoms with Crippen molar-refractivity contribution in [2.45, 2.75) is 25.0 Å². The second-order valence-corrected chi connectivity index (χ2v) is 4.24. The molecule has 2 atom stereocenters. The number of carbonyl (C=O) groups is 1. The van der Waals surface area contributed by atoms with Gasteiger partial charge < -0.3 is 14.4 Å². The quantitative estimate of drug-likeness (QED) is 0.657. The molecule has 4 nitrogen and oxygen atoms in total. The van der Waals surface area contributed by atoms with Gasteiger partial charge in [-0.1, -0.05) is 0 Å². The van der Waals surface area contributed by atoms with Crippen LogP contribution in [-0.4, -0.2) is 55.2 Å². The van der Waals surface area contributed by atoms with E-state index in [9.17, 15) is 4.79 Å². The average molecular weight is 234 g/mol. The van der Waals surface area contributed by atoms with Gasteiger partial charge in [0, 0.05) is 19.7 Å². The summed E-state index contributed by atoms with van der Waals surface area (Å²) < 4.78 is 10.8. The van der Waals surface area contributed by atoms with Gasteiger partial charge in [-0.25, -0.2) is 0 Å². The smallest absolute Gasteiger partial charge is 0.251 e. The van der Waals surface area contributed by atoms with Gasteiger partial charge in [0.1, 0.15) is 6.10 Å². The van der Waals surface area contributed by atoms with Gasteiger partial charge >= 0.3 is 0 Å². The van der Waals surface area contributed by atoms with Crippen molar-refractivity contribution in [3.05, 3.63) is 0 Å². The van der Waals surface area contributed by atoms with E-state index >= 15 is 0 Å². The molecule has 2 aliphatic rings. The fourth-order valence-electron chi connectivity index (χ4n) is 1.99. The Hall–Kier alpha value is -0.320. The van der Waals surface area contributed by atoms with Gasteiger partial charge in [-0.05, 0) is 12.8 Å². The third-order valence-electron chi connectivity index (χ3n) is 2.83. The van der Waals surface area contributed by atoms with Crippen LogP contribution in [0.3, 0.4) is 0 Å². The van der Waals surface area contributed by atoms with Gasteiger partial charge in [0.25, 0.3) is 5.91 Å². The average Bonchev–Trinajstić information content (AvgIpc) is 2.81. The van der Waals surface area contributed by atoms with Gasteiger partial charge in [0.15, 0.2) is 0 Å². The Morgan fingerprint density at radius 1 is 1.40 bits per heavy atom. The molecule has 0 bridgehead atoms. The molecule has 0 aromatic carbocycles. The van der Waals surface area contributed by atoms with Crippen molar-refractivity contribution in [1.82, 2.24) is 4.90 Å². The third-order valence-corrected chi connectivity index (χ3v) is 3.17. The first-order valence-electron chi connectivity index (χ1n) is 5.39. The van der Waals surface area contributed by atoms with Crippen LogP contribution in [-0.2, 0) is 14.3 Å². The molecule has 2 heterocycles. The van der Waals surface area contributed by atoms with Crippen molar-refractivity contribution in [3.63, 3.8) is 0 Å². The summed E-state index contributed by atoms with van der Waals surface area (Å²) in [6, 6.07) is 0. The highest BCUT2D eigenvalue weighted by molar-refractivity contribution is 6.18. The zero-order valence-electron chi connectivity index (χ0n) is 8.65. The number of alkyl halides is 1. The minimum atomic E-state index is -0.223. The third kappa shape index (κ3) is 2.62. The van der Waals surface area contributed by atoms with Crippen molar-refractivity contribution in [2.75, 3.05) is 32.2 Å². The maximum atomic E-state index is 12.0. The zero-order chi connectivity index (χ0) is 10.7. The maximum Gasteiger partial charge on any atom is 0.251 e. The standard InChI is InChI=1S/C10H16ClNO3/c11-6-8-7-12(3-5-14-8)10(13)9-2-1-4-15-9/h8-9H,1-7H2. The Bertz CT molecular complexity index is 231. The largest absolute Gasteiger partial charge is 0.373 e. The summed E-state index contributed by atoms with van der Waals surface area (Å²) >= 11 is 5.72. The second-order valence-electron chi connectivity index (χ2n) is 3.93. The number of ether oxygens (including phenoxy) is 2. The number of morpholine rings is 1. The van der Waals surface area contributed by atoms with Crippen LogP contribution in [0, 0.1) is 0 Å². The van der Waals surface area contributed by atoms with E-state index in [0.29, 0.717) is 32.2 Å². The molecule has 2 saturated heterocycles. The van der Waals surface area contributed by atoms with Crippen molar-refractivity contribution in [1.29, 1.82) is 0 Å². The molecule has 0 saturated carbocycles. The van der Waals surface area contributed by atoms with Crippen molar-refractivity contribution < 1.29 is 14.3 Å². The minimum Gasteiger partial charge on any atom is -0.373 e. The van der Waals surface area contributed by atoms with Crippen LogP contribution in [0.1, 0.15) is 12.8 Å². The van der Waals surface area contributed by atoms with Crippen LogP contribution >= 0.6 is 11.6 Å². The summed E-state index contributed by atoms with van der Waals surface area (Å²) in [6.45, 7) is 2.55. The predicted molar refractivity (Wildman–Crippen MR) is 56.0 cm³/mol. The Morgan fingerprint density at radius 2 is 2.27 bits per heavy atom. The fourth-order valence-corrected chi connectivity index (χ4v) is 2.18. The van der Waals surface area contributed by atoms with Gasteiger partial charge in [-0.3, -0.25) is 4.79 Å². The molecule has 2 aliphatic heterocycles. The summed E-state index contributed by atoms with van der Waals surface area (Å²) in [7, 11) is 0. The number of hydrogen-bond acceptors (Lipinski definition) is 3. The van der Waals surface area contributed by atoms with E-state index in [1.165, 1.54) is 0 Å². The van der Waals surface area contributed by atoms with Crippen molar-refractivity contribution >= 4 is 17.5 Å². The highest BCUT2D eigenvalue weighted by Gasteiger charge is 2.31. The Morgan fingerprint density at radius 3 is 2.93 bits per heavy atom. The first-order chi connectivity index (χ1) is 7.31. The highest BCUT2D eigenvalue weighted by Crippen LogP contribution is 2.16. The summed E-state index contributed by atoms with van der Waals surface area (Å²) in [4.78, 5) is 13.8. The van der Waals surface area contributed by atoms with Crippen LogP contribution < -0.4 is 0 Å². The van der Waals surface area contributed by atoms with E-state index in [1.54, 1.807) is 0 Å². The molecular formula is C10H16ClNO3. The molecule has 0 aromatic rings. The molecule has 15 heavy (non-hydrogen) atoms. The van der Waals surface area contributed by atoms with Gasteiger partial charge in [0.05, 0.1) is 18.6 Å². The molecule has 0 aliphatic carbocycles. The zero-order valence-corrected chi connectivity index (χ0v) is 9.41. The lowest BCUT2D eigenvalue weighted by Gasteiger charge is -2.33. The Balaban J connectivity index is 1.88. The van der Waals surface area contributed by atoms with E-state index in [-0.39, 0.29) is 18.1 Å². The SMILES string of the molecule is O=C(C1CCCO1)N1CCOC(CCl)C1. The maximum absolute atomic E-state index is 12.0. The van der Waals surface area contributed by atoms with Crippen LogP contribution in [0.15, 0.2) is 0 Å². The number of carbonyl (C=O) groups excluding carboxylic acids is 1. The van der Waals surface area contributed by atoms with E-state index in [0.717, 1.165) is 12.8 Å². The first kappa shape index (κ1) is 11.2. The van der Waals surface area contributed by atoms with Gasteiger partial charge in [-0.15, -0.1) is 11.6 Å². The minimum absolute atomic E-state index is 0.0224. The van der Waals surface area contributed by atoms with E-state index < -0.39 is 0 Å². The molecule has 86 valence electrons. The lowest BCUT2D eigenvalue weighted by Crippen LogP contribution is -2.49. The number of nitrogens with zero attached hydrogens (tertiary/aromatic N) is 1. The molecule has 0 radical (unpaired) electrons. The number of halogens is 1. The number of hydrogen-bond donors (Lipinski definition) is 0. The predicted octanol–water partition coefficient (Wildman–Crippen LogP) is 0.632. The number of rotatable bonds is 2. The summed E-state index contributed by atoms with van der Waals surface area (Å²) in [5.41, 5.74) is 0. The van der Waals surface area contributed by atoms with Crippen molar-refractivity contribution in [2.24, 2.45) is 0 Å². The molecule has 2 unspecified atom stereocenters. The molecule has 1 amide bonds. The second kappa shape index (κ2) is 5.14. The topological polar surface area (TPSA) is 38.8 Å². The van der Waals surface area contributed by atoms with E-state index in [1.807, 2.05) is 4.90 Å². The molecule has 2 fully saturated rings. The molecule has 0 aromatic heterocycles. The monoisotopic (exact) mass is 233 g/mol. The normalized spacial score (nSPS) is 31.9. The highest BCUT2D eigenvalue weighted by atomic mass is 35.5. The molecule has 5 heteroatoms. The van der Waals surface area contributed by atoms with Gasteiger partial charge in [-0.2, -0.15) is 0 Å². The van der Waals surface area contributed by atoms with Crippen LogP contribution in [0.5, 0.6) is 0 Å². The van der Waals surface area contributed by atoms with Gasteiger partial charge in [0.2, 0.25) is 0 Å². The summed E-state index contributed by atoms with van der Waals surface area (Å²) in [5.74, 6) is 0.542. The molecular weight excluding hydrogens is 218 g/mol. The lowest BCUT2D eigenvalue weighted by molar-refractivity contribution is -0.147. The van der Waals surface area contributed by atoms with Crippen LogP contribution in [0.25, 0.3) is 0 Å². The van der Waals surface area contributed by atoms with E-state index in [2.05, 4.69) is 0 Å². The van der Waals surface area contributed by atoms with Crippen LogP contribution in [0.2, 0.25) is 0 Å². The van der Waals surface area contributed by atoms with Crippen molar-refractivity contribution in [3.8, 4) is 0 Å². The lowest BCUT2D eigenvalue weighted by atomic mass is 10.2. The number of amides is 1. The Labute approximate surface area is 94.5 Å². The molecule has 0 spiro atoms. The molecule has 0 N–H and O–H groups in total. The Kier molecular flexibility index (Phi) is 3.83. The summed E-state index contributed by atoms with van der Waals surface area (Å²) in [6.07, 6.45) is 1.59. The van der Waals surface area contributed by atoms with E-state index in [4.69, 9.17) is 21.1 Å². The first-order valence-corrected chi connectivity index (χ1v) is 5.92. The van der Waals surface area contributed by atoms with Crippen LogP contribution in [0.4, 0.5) is 0 Å². The fraction of sp³-hybridized carbons (Fsp3) is 0.900. The summed E-state index contributed by atoms with van der Waals surface area (Å²) in [5, 5.41) is 0.